The lowest BCUT2D eigenvalue weighted by molar-refractivity contribution is -0.171. The van der Waals surface area contributed by atoms with Crippen LogP contribution < -0.4 is 0 Å². The molecule has 1 spiro atoms. The van der Waals surface area contributed by atoms with E-state index in [9.17, 15) is 0 Å². The summed E-state index contributed by atoms with van der Waals surface area (Å²) in [5, 5.41) is 0. The van der Waals surface area contributed by atoms with Crippen molar-refractivity contribution in [3.63, 3.8) is 0 Å². The highest BCUT2D eigenvalue weighted by Gasteiger charge is 2.51. The van der Waals surface area contributed by atoms with Crippen LogP contribution in [-0.4, -0.2) is 49.5 Å². The summed E-state index contributed by atoms with van der Waals surface area (Å²) in [7, 11) is 0. The van der Waals surface area contributed by atoms with Crippen LogP contribution in [0, 0.1) is 5.41 Å². The van der Waals surface area contributed by atoms with Gasteiger partial charge in [0.15, 0.2) is 0 Å². The number of hydrogen-bond donors (Lipinski definition) is 0. The molecule has 1 aliphatic carbocycles. The predicted molar refractivity (Wildman–Crippen MR) is 71.7 cm³/mol. The second-order valence-electron chi connectivity index (χ2n) is 6.99. The van der Waals surface area contributed by atoms with Crippen molar-refractivity contribution in [3.8, 4) is 0 Å². The average Bonchev–Trinajstić information content (AvgIpc) is 3.06. The second-order valence-corrected chi connectivity index (χ2v) is 6.99. The van der Waals surface area contributed by atoms with Gasteiger partial charge >= 0.3 is 0 Å². The minimum absolute atomic E-state index is 0.243. The Balaban J connectivity index is 1.42. The van der Waals surface area contributed by atoms with Crippen molar-refractivity contribution >= 4 is 0 Å². The van der Waals surface area contributed by atoms with E-state index in [0.717, 1.165) is 26.3 Å². The van der Waals surface area contributed by atoms with Crippen LogP contribution in [0.3, 0.4) is 0 Å². The van der Waals surface area contributed by atoms with E-state index in [-0.39, 0.29) is 5.60 Å². The molecule has 0 atom stereocenters. The lowest BCUT2D eigenvalue weighted by Crippen LogP contribution is -2.65. The fourth-order valence-electron chi connectivity index (χ4n) is 3.38. The third kappa shape index (κ3) is 2.73. The maximum Gasteiger partial charge on any atom is 0.0934 e. The van der Waals surface area contributed by atoms with E-state index in [0.29, 0.717) is 11.5 Å². The number of nitrogens with zero attached hydrogens (tertiary/aromatic N) is 1. The van der Waals surface area contributed by atoms with Gasteiger partial charge in [-0.2, -0.15) is 0 Å². The Hall–Kier alpha value is -0.120. The fraction of sp³-hybridized carbons (Fsp3) is 1.00. The van der Waals surface area contributed by atoms with Crippen LogP contribution in [0.5, 0.6) is 0 Å². The highest BCUT2D eigenvalue weighted by molar-refractivity contribution is 5.04. The molecular weight excluding hydrogens is 226 g/mol. The quantitative estimate of drug-likeness (QED) is 0.751. The summed E-state index contributed by atoms with van der Waals surface area (Å²) in [6.07, 6.45) is 6.96. The summed E-state index contributed by atoms with van der Waals surface area (Å²) in [5.74, 6) is 0. The summed E-state index contributed by atoms with van der Waals surface area (Å²) in [4.78, 5) is 2.59. The van der Waals surface area contributed by atoms with Crippen molar-refractivity contribution in [2.24, 2.45) is 5.41 Å². The maximum absolute atomic E-state index is 5.99. The van der Waals surface area contributed by atoms with Crippen LogP contribution in [0.25, 0.3) is 0 Å². The molecular formula is C15H27NO2. The van der Waals surface area contributed by atoms with E-state index in [1.54, 1.807) is 0 Å². The van der Waals surface area contributed by atoms with Gasteiger partial charge in [0.1, 0.15) is 0 Å². The molecule has 2 heterocycles. The largest absolute Gasteiger partial charge is 0.378 e. The Morgan fingerprint density at radius 2 is 1.94 bits per heavy atom. The van der Waals surface area contributed by atoms with Crippen molar-refractivity contribution in [1.82, 2.24) is 4.90 Å². The highest BCUT2D eigenvalue weighted by Crippen LogP contribution is 2.48. The average molecular weight is 253 g/mol. The van der Waals surface area contributed by atoms with Gasteiger partial charge < -0.3 is 9.47 Å². The summed E-state index contributed by atoms with van der Waals surface area (Å²) in [6, 6.07) is 0. The zero-order valence-electron chi connectivity index (χ0n) is 11.9. The molecule has 3 rings (SSSR count). The Morgan fingerprint density at radius 3 is 2.50 bits per heavy atom. The number of rotatable bonds is 5. The highest BCUT2D eigenvalue weighted by atomic mass is 16.5. The minimum atomic E-state index is 0.243. The third-order valence-electron chi connectivity index (χ3n) is 4.70. The summed E-state index contributed by atoms with van der Waals surface area (Å²) >= 11 is 0. The van der Waals surface area contributed by atoms with Gasteiger partial charge in [-0.15, -0.1) is 0 Å². The smallest absolute Gasteiger partial charge is 0.0934 e. The first kappa shape index (κ1) is 12.9. The molecule has 0 radical (unpaired) electrons. The van der Waals surface area contributed by atoms with E-state index in [4.69, 9.17) is 9.47 Å². The zero-order chi connectivity index (χ0) is 12.6. The number of likely N-dealkylation sites (tertiary alicyclic amines) is 1. The SMILES string of the molecule is CC(C)OCC1(CN2CC3(CCCCO3)C2)CC1. The van der Waals surface area contributed by atoms with Crippen molar-refractivity contribution in [1.29, 1.82) is 0 Å². The lowest BCUT2D eigenvalue weighted by Gasteiger charge is -2.52. The van der Waals surface area contributed by atoms with Crippen LogP contribution >= 0.6 is 0 Å². The zero-order valence-corrected chi connectivity index (χ0v) is 11.9. The van der Waals surface area contributed by atoms with Crippen molar-refractivity contribution in [2.45, 2.75) is 57.7 Å². The Kier molecular flexibility index (Phi) is 3.41. The molecule has 0 aromatic carbocycles. The van der Waals surface area contributed by atoms with E-state index < -0.39 is 0 Å². The van der Waals surface area contributed by atoms with Crippen molar-refractivity contribution in [3.05, 3.63) is 0 Å². The molecule has 104 valence electrons. The maximum atomic E-state index is 5.99. The molecule has 3 nitrogen and oxygen atoms in total. The molecule has 2 aliphatic heterocycles. The molecule has 0 aromatic heterocycles. The Labute approximate surface area is 111 Å². The molecule has 0 N–H and O–H groups in total. The van der Waals surface area contributed by atoms with E-state index in [1.807, 2.05) is 0 Å². The van der Waals surface area contributed by atoms with E-state index in [1.165, 1.54) is 38.6 Å². The summed E-state index contributed by atoms with van der Waals surface area (Å²) in [6.45, 7) is 9.75. The van der Waals surface area contributed by atoms with Crippen LogP contribution in [-0.2, 0) is 9.47 Å². The Bertz CT molecular complexity index is 285. The van der Waals surface area contributed by atoms with E-state index in [2.05, 4.69) is 18.7 Å². The van der Waals surface area contributed by atoms with Gasteiger partial charge in [0.05, 0.1) is 18.3 Å². The second kappa shape index (κ2) is 4.77. The molecule has 0 unspecified atom stereocenters. The third-order valence-corrected chi connectivity index (χ3v) is 4.70. The number of ether oxygens (including phenoxy) is 2. The first-order chi connectivity index (χ1) is 8.62. The molecule has 3 aliphatic rings. The van der Waals surface area contributed by atoms with Crippen LogP contribution in [0.1, 0.15) is 46.0 Å². The fourth-order valence-corrected chi connectivity index (χ4v) is 3.38. The molecule has 3 fully saturated rings. The molecule has 0 aromatic rings. The van der Waals surface area contributed by atoms with Crippen LogP contribution in [0.4, 0.5) is 0 Å². The van der Waals surface area contributed by atoms with E-state index >= 15 is 0 Å². The first-order valence-electron chi connectivity index (χ1n) is 7.60. The number of hydrogen-bond acceptors (Lipinski definition) is 3. The standard InChI is InChI=1S/C15H27NO2/c1-13(2)17-12-14(6-7-14)9-16-10-15(11-16)5-3-4-8-18-15/h13H,3-12H2,1-2H3. The van der Waals surface area contributed by atoms with Gasteiger partial charge in [0, 0.05) is 31.7 Å². The summed E-state index contributed by atoms with van der Waals surface area (Å²) < 4.78 is 11.8. The normalized spacial score (nSPS) is 29.5. The molecule has 1 saturated carbocycles. The predicted octanol–water partition coefficient (Wildman–Crippen LogP) is 2.45. The van der Waals surface area contributed by atoms with Gasteiger partial charge in [-0.05, 0) is 46.0 Å². The van der Waals surface area contributed by atoms with Gasteiger partial charge in [-0.1, -0.05) is 0 Å². The van der Waals surface area contributed by atoms with Crippen LogP contribution in [0.2, 0.25) is 0 Å². The lowest BCUT2D eigenvalue weighted by atomic mass is 9.85. The van der Waals surface area contributed by atoms with Crippen molar-refractivity contribution in [2.75, 3.05) is 32.8 Å². The molecule has 3 heteroatoms. The molecule has 0 bridgehead atoms. The summed E-state index contributed by atoms with van der Waals surface area (Å²) in [5.41, 5.74) is 0.730. The molecule has 18 heavy (non-hydrogen) atoms. The van der Waals surface area contributed by atoms with Gasteiger partial charge in [-0.25, -0.2) is 0 Å². The van der Waals surface area contributed by atoms with Gasteiger partial charge in [0.2, 0.25) is 0 Å². The molecule has 0 amide bonds. The van der Waals surface area contributed by atoms with Crippen molar-refractivity contribution < 1.29 is 9.47 Å². The molecule has 2 saturated heterocycles. The first-order valence-corrected chi connectivity index (χ1v) is 7.60. The van der Waals surface area contributed by atoms with Gasteiger partial charge in [-0.3, -0.25) is 4.90 Å². The minimum Gasteiger partial charge on any atom is -0.378 e. The topological polar surface area (TPSA) is 21.7 Å². The van der Waals surface area contributed by atoms with Crippen LogP contribution in [0.15, 0.2) is 0 Å². The Morgan fingerprint density at radius 1 is 1.17 bits per heavy atom. The monoisotopic (exact) mass is 253 g/mol. The van der Waals surface area contributed by atoms with Gasteiger partial charge in [0.25, 0.3) is 0 Å².